The number of hydrogen-bond acceptors (Lipinski definition) is 3. The van der Waals surface area contributed by atoms with Gasteiger partial charge in [0.1, 0.15) is 11.3 Å². The molecule has 1 radical (unpaired) electrons. The molecular weight excluding hydrogens is 704 g/mol. The monoisotopic (exact) mass is 747 g/mol. The quantitative estimate of drug-likeness (QED) is 0.135. The normalized spacial score (nSPS) is 12.2. The molecule has 1 aromatic heterocycles. The topological polar surface area (TPSA) is 50.2 Å². The van der Waals surface area contributed by atoms with Crippen LogP contribution in [0.1, 0.15) is 89.8 Å². The van der Waals surface area contributed by atoms with Gasteiger partial charge in [-0.2, -0.15) is 13.2 Å². The maximum atomic E-state index is 13.0. The first-order valence-electron chi connectivity index (χ1n) is 14.2. The number of Topliss-reactive ketones (excluding diaryl/α,β-unsaturated/α-hetero) is 1. The Labute approximate surface area is 257 Å². The number of alkyl halides is 3. The summed E-state index contributed by atoms with van der Waals surface area (Å²) in [4.78, 5) is 16.6. The third-order valence-corrected chi connectivity index (χ3v) is 7.37. The van der Waals surface area contributed by atoms with Crippen LogP contribution in [0.15, 0.2) is 53.9 Å². The van der Waals surface area contributed by atoms with Gasteiger partial charge in [0.25, 0.3) is 0 Å². The zero-order chi connectivity index (χ0) is 30.2. The number of aliphatic hydroxyl groups excluding tert-OH is 1. The Kier molecular flexibility index (Phi) is 14.4. The van der Waals surface area contributed by atoms with Gasteiger partial charge in [-0.15, -0.1) is 34.9 Å². The number of aryl methyl sites for hydroxylation is 2. The Hall–Kier alpha value is -2.50. The second kappa shape index (κ2) is 16.2. The molecule has 0 saturated heterocycles. The van der Waals surface area contributed by atoms with Gasteiger partial charge >= 0.3 is 6.18 Å². The summed E-state index contributed by atoms with van der Waals surface area (Å²) >= 11 is 0. The third-order valence-electron chi connectivity index (χ3n) is 7.37. The molecule has 1 N–H and O–H groups in total. The van der Waals surface area contributed by atoms with Crippen LogP contribution < -0.4 is 0 Å². The van der Waals surface area contributed by atoms with E-state index < -0.39 is 35.1 Å². The molecule has 0 aliphatic rings. The summed E-state index contributed by atoms with van der Waals surface area (Å²) in [5.41, 5.74) is 4.52. The minimum Gasteiger partial charge on any atom is -0.511 e. The van der Waals surface area contributed by atoms with Gasteiger partial charge in [0, 0.05) is 38.1 Å². The van der Waals surface area contributed by atoms with E-state index in [9.17, 15) is 23.1 Å². The largest absolute Gasteiger partial charge is 0.511 e. The van der Waals surface area contributed by atoms with Crippen molar-refractivity contribution < 1.29 is 43.2 Å². The molecule has 2 aromatic carbocycles. The van der Waals surface area contributed by atoms with Crippen molar-refractivity contribution in [2.75, 3.05) is 0 Å². The molecule has 3 aromatic rings. The summed E-state index contributed by atoms with van der Waals surface area (Å²) in [6.45, 7) is 15.4. The fraction of sp³-hybridized carbons (Fsp3) is 0.471. The van der Waals surface area contributed by atoms with Gasteiger partial charge in [-0.3, -0.25) is 4.79 Å². The number of aliphatic hydroxyl groups is 1. The predicted molar refractivity (Wildman–Crippen MR) is 158 cm³/mol. The molecule has 0 saturated carbocycles. The maximum absolute atomic E-state index is 13.0. The number of hydrogen-bond donors (Lipinski definition) is 1. The van der Waals surface area contributed by atoms with Crippen LogP contribution in [-0.4, -0.2) is 22.1 Å². The van der Waals surface area contributed by atoms with Crippen LogP contribution in [-0.2, 0) is 24.9 Å². The van der Waals surface area contributed by atoms with Crippen molar-refractivity contribution >= 4 is 16.6 Å². The number of carbonyl (C=O) groups is 1. The molecule has 227 valence electrons. The Morgan fingerprint density at radius 2 is 1.51 bits per heavy atom. The van der Waals surface area contributed by atoms with Gasteiger partial charge in [-0.05, 0) is 59.7 Å². The smallest absolute Gasteiger partial charge is 0.423 e. The second-order valence-corrected chi connectivity index (χ2v) is 10.7. The van der Waals surface area contributed by atoms with E-state index in [-0.39, 0.29) is 20.1 Å². The number of pyridine rings is 1. The molecule has 41 heavy (non-hydrogen) atoms. The summed E-state index contributed by atoms with van der Waals surface area (Å²) in [6.07, 6.45) is -1.48. The fourth-order valence-corrected chi connectivity index (χ4v) is 4.95. The van der Waals surface area contributed by atoms with E-state index in [0.717, 1.165) is 16.8 Å². The van der Waals surface area contributed by atoms with Crippen LogP contribution in [0.25, 0.3) is 22.0 Å². The van der Waals surface area contributed by atoms with Crippen molar-refractivity contribution in [2.45, 2.75) is 93.2 Å². The summed E-state index contributed by atoms with van der Waals surface area (Å²) < 4.78 is 39.1. The number of benzene rings is 2. The van der Waals surface area contributed by atoms with Gasteiger partial charge in [-0.25, -0.2) is 0 Å². The van der Waals surface area contributed by atoms with E-state index in [1.54, 1.807) is 27.7 Å². The van der Waals surface area contributed by atoms with Crippen molar-refractivity contribution in [1.29, 1.82) is 0 Å². The molecule has 0 spiro atoms. The van der Waals surface area contributed by atoms with Gasteiger partial charge < -0.3 is 10.1 Å². The summed E-state index contributed by atoms with van der Waals surface area (Å²) in [6, 6.07) is 16.5. The van der Waals surface area contributed by atoms with Crippen molar-refractivity contribution in [3.63, 3.8) is 0 Å². The van der Waals surface area contributed by atoms with E-state index in [4.69, 9.17) is 0 Å². The molecule has 0 amide bonds. The number of aromatic nitrogens is 1. The maximum Gasteiger partial charge on any atom is 0.423 e. The number of rotatable bonds is 9. The van der Waals surface area contributed by atoms with Gasteiger partial charge in [0.05, 0.1) is 0 Å². The number of allylic oxidation sites excluding steroid dienone is 2. The molecule has 0 atom stereocenters. The van der Waals surface area contributed by atoms with Crippen LogP contribution in [0.4, 0.5) is 13.2 Å². The van der Waals surface area contributed by atoms with Crippen LogP contribution >= 0.6 is 0 Å². The van der Waals surface area contributed by atoms with Crippen molar-refractivity contribution in [3.8, 4) is 11.3 Å². The van der Waals surface area contributed by atoms with E-state index in [1.807, 2.05) is 6.20 Å². The van der Waals surface area contributed by atoms with E-state index in [1.165, 1.54) is 21.9 Å². The number of nitrogens with zero attached hydrogens (tertiary/aromatic N) is 1. The average Bonchev–Trinajstić information content (AvgIpc) is 2.88. The molecule has 0 fully saturated rings. The zero-order valence-corrected chi connectivity index (χ0v) is 27.8. The SMILES string of the molecule is CCC(CC)C(=O)/C(=C(\O)C(CC)CC)C(F)(F)F.Cc1[c-]c(-c2nccc3cc(C(C)C)ccc23)cc(C)c1.[Ir]. The molecule has 0 aliphatic heterocycles. The van der Waals surface area contributed by atoms with Crippen LogP contribution in [0, 0.1) is 31.7 Å². The average molecular weight is 747 g/mol. The molecule has 0 aliphatic carbocycles. The third kappa shape index (κ3) is 9.51. The predicted octanol–water partition coefficient (Wildman–Crippen LogP) is 10.2. The summed E-state index contributed by atoms with van der Waals surface area (Å²) in [5.74, 6) is -2.54. The standard InChI is InChI=1S/C20H20N.C14H23F3O2.Ir/c1-13(2)16-5-6-19-17(12-16)7-8-21-20(19)18-10-14(3)9-15(4)11-18;1-5-9(6-2)12(18)11(14(15,16)17)13(19)10(7-3)8-4;/h5-10,12-13H,1-4H3;9-10,18H,5-8H2,1-4H3;/q-1;;/b;12-11+;. The minimum atomic E-state index is -4.80. The second-order valence-electron chi connectivity index (χ2n) is 10.7. The Morgan fingerprint density at radius 3 is 2.00 bits per heavy atom. The molecule has 0 unspecified atom stereocenters. The molecule has 3 nitrogen and oxygen atoms in total. The van der Waals surface area contributed by atoms with Crippen molar-refractivity contribution in [3.05, 3.63) is 76.7 Å². The molecule has 0 bridgehead atoms. The van der Waals surface area contributed by atoms with Crippen LogP contribution in [0.5, 0.6) is 0 Å². The van der Waals surface area contributed by atoms with Gasteiger partial charge in [-0.1, -0.05) is 73.6 Å². The number of carbonyl (C=O) groups excluding carboxylic acids is 1. The Morgan fingerprint density at radius 1 is 0.927 bits per heavy atom. The van der Waals surface area contributed by atoms with Crippen molar-refractivity contribution in [2.24, 2.45) is 11.8 Å². The minimum absolute atomic E-state index is 0. The summed E-state index contributed by atoms with van der Waals surface area (Å²) in [5, 5.41) is 12.3. The van der Waals surface area contributed by atoms with Gasteiger partial charge in [0.15, 0.2) is 5.78 Å². The first-order valence-corrected chi connectivity index (χ1v) is 14.2. The Balaban J connectivity index is 0.000000403. The van der Waals surface area contributed by atoms with Crippen LogP contribution in [0.2, 0.25) is 0 Å². The summed E-state index contributed by atoms with van der Waals surface area (Å²) in [7, 11) is 0. The Bertz CT molecular complexity index is 1300. The number of ketones is 1. The van der Waals surface area contributed by atoms with Gasteiger partial charge in [0.2, 0.25) is 0 Å². The molecule has 7 heteroatoms. The van der Waals surface area contributed by atoms with E-state index in [2.05, 4.69) is 75.1 Å². The fourth-order valence-electron chi connectivity index (χ4n) is 4.95. The molecule has 1 heterocycles. The zero-order valence-electron chi connectivity index (χ0n) is 25.4. The number of fused-ring (bicyclic) bond motifs is 1. The first-order chi connectivity index (χ1) is 18.8. The molecule has 3 rings (SSSR count). The first kappa shape index (κ1) is 36.5. The van der Waals surface area contributed by atoms with Crippen molar-refractivity contribution in [1.82, 2.24) is 4.98 Å². The van der Waals surface area contributed by atoms with Crippen LogP contribution in [0.3, 0.4) is 0 Å². The number of halogens is 3. The van der Waals surface area contributed by atoms with E-state index in [0.29, 0.717) is 31.6 Å². The van der Waals surface area contributed by atoms with E-state index >= 15 is 0 Å². The molecular formula is C34H43F3IrNO2-.